The van der Waals surface area contributed by atoms with Crippen molar-refractivity contribution < 1.29 is 4.79 Å². The summed E-state index contributed by atoms with van der Waals surface area (Å²) < 4.78 is 2.06. The van der Waals surface area contributed by atoms with Gasteiger partial charge >= 0.3 is 0 Å². The second-order valence-corrected chi connectivity index (χ2v) is 5.47. The number of amides is 1. The van der Waals surface area contributed by atoms with Gasteiger partial charge in [0.1, 0.15) is 5.69 Å². The van der Waals surface area contributed by atoms with Gasteiger partial charge in [0.2, 0.25) is 0 Å². The molecule has 2 heterocycles. The predicted molar refractivity (Wildman–Crippen MR) is 77.4 cm³/mol. The number of carbonyl (C=O) groups excluding carboxylic acids is 1. The quantitative estimate of drug-likeness (QED) is 0.905. The van der Waals surface area contributed by atoms with E-state index in [1.807, 2.05) is 23.2 Å². The molecule has 1 N–H and O–H groups in total. The summed E-state index contributed by atoms with van der Waals surface area (Å²) in [7, 11) is 0. The summed E-state index contributed by atoms with van der Waals surface area (Å²) >= 11 is 0. The van der Waals surface area contributed by atoms with Crippen molar-refractivity contribution in [3.63, 3.8) is 0 Å². The second kappa shape index (κ2) is 6.24. The van der Waals surface area contributed by atoms with Gasteiger partial charge in [-0.1, -0.05) is 0 Å². The van der Waals surface area contributed by atoms with E-state index in [-0.39, 0.29) is 5.91 Å². The lowest BCUT2D eigenvalue weighted by molar-refractivity contribution is 0.0643. The maximum absolute atomic E-state index is 12.7. The van der Waals surface area contributed by atoms with E-state index in [2.05, 4.69) is 30.7 Å². The molecule has 1 aliphatic heterocycles. The smallest absolute Gasteiger partial charge is 0.270 e. The minimum Gasteiger partial charge on any atom is -0.341 e. The summed E-state index contributed by atoms with van der Waals surface area (Å²) in [5.74, 6) is 0.174. The number of rotatable bonds is 4. The van der Waals surface area contributed by atoms with Crippen molar-refractivity contribution in [3.05, 3.63) is 24.0 Å². The highest BCUT2D eigenvalue weighted by atomic mass is 16.2. The van der Waals surface area contributed by atoms with Crippen LogP contribution in [0.2, 0.25) is 0 Å². The van der Waals surface area contributed by atoms with Gasteiger partial charge in [-0.2, -0.15) is 0 Å². The van der Waals surface area contributed by atoms with Crippen molar-refractivity contribution in [2.45, 2.75) is 45.7 Å². The third-order valence-corrected chi connectivity index (χ3v) is 3.91. The molecule has 0 aliphatic carbocycles. The van der Waals surface area contributed by atoms with E-state index in [1.165, 1.54) is 0 Å². The van der Waals surface area contributed by atoms with Crippen LogP contribution >= 0.6 is 0 Å². The highest BCUT2D eigenvalue weighted by molar-refractivity contribution is 5.93. The van der Waals surface area contributed by atoms with Crippen LogP contribution in [0.25, 0.3) is 0 Å². The SMILES string of the molecule is CCN(C(=O)c1cccn1C(C)C)C1CCNCC1. The van der Waals surface area contributed by atoms with Crippen LogP contribution in [-0.4, -0.2) is 41.1 Å². The molecule has 4 heteroatoms. The van der Waals surface area contributed by atoms with Crippen molar-refractivity contribution in [1.29, 1.82) is 0 Å². The molecule has 0 spiro atoms. The number of piperidine rings is 1. The summed E-state index contributed by atoms with van der Waals surface area (Å²) in [4.78, 5) is 14.8. The Morgan fingerprint density at radius 3 is 2.74 bits per heavy atom. The molecule has 0 unspecified atom stereocenters. The number of carbonyl (C=O) groups is 1. The Balaban J connectivity index is 2.17. The molecular weight excluding hydrogens is 238 g/mol. The van der Waals surface area contributed by atoms with Gasteiger partial charge in [0.15, 0.2) is 0 Å². The highest BCUT2D eigenvalue weighted by Crippen LogP contribution is 2.18. The van der Waals surface area contributed by atoms with E-state index in [0.29, 0.717) is 12.1 Å². The average Bonchev–Trinajstić information content (AvgIpc) is 2.90. The third-order valence-electron chi connectivity index (χ3n) is 3.91. The summed E-state index contributed by atoms with van der Waals surface area (Å²) in [6.07, 6.45) is 4.11. The van der Waals surface area contributed by atoms with Crippen molar-refractivity contribution in [3.8, 4) is 0 Å². The molecule has 0 bridgehead atoms. The molecule has 1 amide bonds. The van der Waals surface area contributed by atoms with Crippen LogP contribution in [0.1, 0.15) is 50.1 Å². The lowest BCUT2D eigenvalue weighted by Gasteiger charge is -2.34. The number of aromatic nitrogens is 1. The van der Waals surface area contributed by atoms with Crippen LogP contribution in [0, 0.1) is 0 Å². The Morgan fingerprint density at radius 1 is 1.47 bits per heavy atom. The van der Waals surface area contributed by atoms with Crippen LogP contribution in [0.15, 0.2) is 18.3 Å². The second-order valence-electron chi connectivity index (χ2n) is 5.47. The molecular formula is C15H25N3O. The topological polar surface area (TPSA) is 37.3 Å². The third kappa shape index (κ3) is 3.00. The Kier molecular flexibility index (Phi) is 4.64. The summed E-state index contributed by atoms with van der Waals surface area (Å²) in [6.45, 7) is 9.10. The zero-order valence-electron chi connectivity index (χ0n) is 12.2. The molecule has 1 aromatic heterocycles. The van der Waals surface area contributed by atoms with Crippen LogP contribution < -0.4 is 5.32 Å². The normalized spacial score (nSPS) is 16.8. The van der Waals surface area contributed by atoms with Gasteiger partial charge in [0.05, 0.1) is 0 Å². The fraction of sp³-hybridized carbons (Fsp3) is 0.667. The first kappa shape index (κ1) is 14.1. The van der Waals surface area contributed by atoms with Gasteiger partial charge in [-0.25, -0.2) is 0 Å². The van der Waals surface area contributed by atoms with E-state index in [9.17, 15) is 4.79 Å². The lowest BCUT2D eigenvalue weighted by atomic mass is 10.0. The molecule has 0 saturated carbocycles. The molecule has 1 fully saturated rings. The summed E-state index contributed by atoms with van der Waals surface area (Å²) in [5, 5.41) is 3.35. The largest absolute Gasteiger partial charge is 0.341 e. The summed E-state index contributed by atoms with van der Waals surface area (Å²) in [5.41, 5.74) is 0.815. The molecule has 1 saturated heterocycles. The average molecular weight is 263 g/mol. The molecule has 4 nitrogen and oxygen atoms in total. The van der Waals surface area contributed by atoms with E-state index in [4.69, 9.17) is 0 Å². The lowest BCUT2D eigenvalue weighted by Crippen LogP contribution is -2.46. The zero-order valence-corrected chi connectivity index (χ0v) is 12.2. The van der Waals surface area contributed by atoms with Gasteiger partial charge in [-0.3, -0.25) is 4.79 Å². The van der Waals surface area contributed by atoms with Crippen LogP contribution in [0.3, 0.4) is 0 Å². The first-order valence-corrected chi connectivity index (χ1v) is 7.33. The Hall–Kier alpha value is -1.29. The van der Waals surface area contributed by atoms with Gasteiger partial charge in [-0.05, 0) is 58.8 Å². The molecule has 0 atom stereocenters. The molecule has 106 valence electrons. The van der Waals surface area contributed by atoms with Gasteiger partial charge < -0.3 is 14.8 Å². The monoisotopic (exact) mass is 263 g/mol. The number of nitrogens with zero attached hydrogens (tertiary/aromatic N) is 2. The minimum atomic E-state index is 0.174. The van der Waals surface area contributed by atoms with Crippen molar-refractivity contribution in [2.24, 2.45) is 0 Å². The number of nitrogens with one attached hydrogen (secondary N) is 1. The first-order valence-electron chi connectivity index (χ1n) is 7.33. The standard InChI is InChI=1S/C15H25N3O/c1-4-17(13-7-9-16-10-8-13)15(19)14-6-5-11-18(14)12(2)3/h5-6,11-13,16H,4,7-10H2,1-3H3. The van der Waals surface area contributed by atoms with Crippen molar-refractivity contribution in [2.75, 3.05) is 19.6 Å². The van der Waals surface area contributed by atoms with E-state index in [1.54, 1.807) is 0 Å². The molecule has 2 rings (SSSR count). The van der Waals surface area contributed by atoms with Crippen LogP contribution in [0.5, 0.6) is 0 Å². The van der Waals surface area contributed by atoms with Crippen molar-refractivity contribution >= 4 is 5.91 Å². The molecule has 1 aliphatic rings. The maximum Gasteiger partial charge on any atom is 0.270 e. The maximum atomic E-state index is 12.7. The van der Waals surface area contributed by atoms with Gasteiger partial charge in [0.25, 0.3) is 5.91 Å². The van der Waals surface area contributed by atoms with E-state index in [0.717, 1.165) is 38.2 Å². The van der Waals surface area contributed by atoms with Gasteiger partial charge in [0, 0.05) is 24.8 Å². The summed E-state index contributed by atoms with van der Waals surface area (Å²) in [6, 6.07) is 4.60. The predicted octanol–water partition coefficient (Wildman–Crippen LogP) is 2.28. The van der Waals surface area contributed by atoms with Crippen LogP contribution in [0.4, 0.5) is 0 Å². The first-order chi connectivity index (χ1) is 9.15. The molecule has 0 aromatic carbocycles. The Labute approximate surface area is 115 Å². The van der Waals surface area contributed by atoms with Crippen molar-refractivity contribution in [1.82, 2.24) is 14.8 Å². The van der Waals surface area contributed by atoms with E-state index >= 15 is 0 Å². The molecule has 19 heavy (non-hydrogen) atoms. The molecule has 0 radical (unpaired) electrons. The fourth-order valence-corrected chi connectivity index (χ4v) is 2.86. The minimum absolute atomic E-state index is 0.174. The zero-order chi connectivity index (χ0) is 13.8. The highest BCUT2D eigenvalue weighted by Gasteiger charge is 2.26. The number of hydrogen-bond donors (Lipinski definition) is 1. The fourth-order valence-electron chi connectivity index (χ4n) is 2.86. The Bertz CT molecular complexity index is 419. The van der Waals surface area contributed by atoms with E-state index < -0.39 is 0 Å². The Morgan fingerprint density at radius 2 is 2.16 bits per heavy atom. The van der Waals surface area contributed by atoms with Gasteiger partial charge in [-0.15, -0.1) is 0 Å². The molecule has 1 aromatic rings. The number of hydrogen-bond acceptors (Lipinski definition) is 2. The van der Waals surface area contributed by atoms with Crippen LogP contribution in [-0.2, 0) is 0 Å².